The predicted octanol–water partition coefficient (Wildman–Crippen LogP) is 3.89. The van der Waals surface area contributed by atoms with Gasteiger partial charge >= 0.3 is 35.8 Å². The van der Waals surface area contributed by atoms with E-state index in [2.05, 4.69) is 6.58 Å². The number of ether oxygens (including phenoxy) is 6. The summed E-state index contributed by atoms with van der Waals surface area (Å²) in [5.41, 5.74) is 0.237. The molecule has 18 nitrogen and oxygen atoms in total. The second-order valence-corrected chi connectivity index (χ2v) is 15.1. The van der Waals surface area contributed by atoms with Crippen molar-refractivity contribution in [2.45, 2.75) is 85.2 Å². The smallest absolute Gasteiger partial charge is 0.330 e. The summed E-state index contributed by atoms with van der Waals surface area (Å²) in [4.78, 5) is 130. The summed E-state index contributed by atoms with van der Waals surface area (Å²) in [6, 6.07) is 3.80. The lowest BCUT2D eigenvalue weighted by Crippen LogP contribution is -2.51. The van der Waals surface area contributed by atoms with Crippen LogP contribution in [-0.4, -0.2) is 121 Å². The van der Waals surface area contributed by atoms with Gasteiger partial charge in [-0.3, -0.25) is 53.0 Å². The summed E-state index contributed by atoms with van der Waals surface area (Å²) in [6.07, 6.45) is 0.125. The van der Waals surface area contributed by atoms with Gasteiger partial charge in [0.1, 0.15) is 39.6 Å². The molecule has 328 valence electrons. The van der Waals surface area contributed by atoms with E-state index in [1.165, 1.54) is 31.2 Å². The molecule has 0 fully saturated rings. The van der Waals surface area contributed by atoms with Crippen LogP contribution in [-0.2, 0) is 57.2 Å². The van der Waals surface area contributed by atoms with Gasteiger partial charge in [0.05, 0.1) is 37.8 Å². The van der Waals surface area contributed by atoms with Crippen molar-refractivity contribution in [1.82, 2.24) is 9.80 Å². The molecule has 18 heteroatoms. The van der Waals surface area contributed by atoms with Crippen molar-refractivity contribution in [1.29, 1.82) is 0 Å². The summed E-state index contributed by atoms with van der Waals surface area (Å²) in [5, 5.41) is 0.264. The van der Waals surface area contributed by atoms with Gasteiger partial charge in [-0.25, -0.2) is 4.79 Å². The number of carbonyl (C=O) groups excluding carboxylic acids is 10. The van der Waals surface area contributed by atoms with E-state index in [9.17, 15) is 47.9 Å². The Hall–Kier alpha value is -6.46. The molecule has 61 heavy (non-hydrogen) atoms. The minimum atomic E-state index is -0.915. The largest absolute Gasteiger partial charge is 0.463 e. The second-order valence-electron chi connectivity index (χ2n) is 15.1. The van der Waals surface area contributed by atoms with E-state index in [0.29, 0.717) is 0 Å². The molecule has 0 spiro atoms. The van der Waals surface area contributed by atoms with Crippen molar-refractivity contribution < 1.29 is 76.4 Å². The molecule has 2 atom stereocenters. The van der Waals surface area contributed by atoms with E-state index in [-0.39, 0.29) is 123 Å². The average Bonchev–Trinajstić information content (AvgIpc) is 3.21. The Bertz CT molecular complexity index is 2020. The molecule has 2 aliphatic rings. The van der Waals surface area contributed by atoms with Crippen LogP contribution in [0.4, 0.5) is 0 Å². The van der Waals surface area contributed by atoms with Gasteiger partial charge < -0.3 is 28.4 Å². The van der Waals surface area contributed by atoms with E-state index in [1.54, 1.807) is 0 Å². The Kier molecular flexibility index (Phi) is 16.8. The maximum atomic E-state index is 14.2. The summed E-state index contributed by atoms with van der Waals surface area (Å²) in [5.74, 6) is -7.19. The number of rotatable bonds is 23. The number of nitrogens with zero attached hydrogens (tertiary/aromatic N) is 2. The van der Waals surface area contributed by atoms with Crippen LogP contribution < -0.4 is 0 Å². The van der Waals surface area contributed by atoms with Crippen molar-refractivity contribution in [3.8, 4) is 0 Å². The third-order valence-electron chi connectivity index (χ3n) is 9.52. The van der Waals surface area contributed by atoms with Crippen molar-refractivity contribution in [3.05, 3.63) is 59.2 Å². The molecule has 0 N–H and O–H groups in total. The monoisotopic (exact) mass is 850 g/mol. The Labute approximate surface area is 351 Å². The van der Waals surface area contributed by atoms with Crippen LogP contribution in [0.15, 0.2) is 36.9 Å². The lowest BCUT2D eigenvalue weighted by molar-refractivity contribution is -0.153. The molecule has 2 aliphatic heterocycles. The quantitative estimate of drug-likeness (QED) is 0.0507. The summed E-state index contributed by atoms with van der Waals surface area (Å²) in [7, 11) is 0. The first kappa shape index (κ1) is 47.2. The van der Waals surface area contributed by atoms with Crippen molar-refractivity contribution in [2.24, 2.45) is 11.8 Å². The molecule has 2 aromatic carbocycles. The maximum absolute atomic E-state index is 14.2. The predicted molar refractivity (Wildman–Crippen MR) is 212 cm³/mol. The van der Waals surface area contributed by atoms with Crippen LogP contribution in [0.1, 0.15) is 115 Å². The highest BCUT2D eigenvalue weighted by Gasteiger charge is 2.44. The Morgan fingerprint density at radius 2 is 0.836 bits per heavy atom. The minimum Gasteiger partial charge on any atom is -0.463 e. The molecule has 2 heterocycles. The summed E-state index contributed by atoms with van der Waals surface area (Å²) in [6.45, 7) is 10.5. The van der Waals surface area contributed by atoms with E-state index in [0.717, 1.165) is 15.9 Å². The standard InChI is InChI=1S/C43H50N2O16/c1-7-33(47)57-18-19-59-35(49)13-15-37(51)61-23-28(21-25(4)5)45-42(54)31-10-8-29-38-30(9-11-32(39(31)38)43(45)55)41(53)44(40(29)52)27(20-24(2)3)22-60-36(50)14-12-34(48)58-17-16-56-26(6)46/h7-11,24-25,27-28H,1,12-23H2,2-6H3. The molecule has 0 saturated heterocycles. The zero-order valence-corrected chi connectivity index (χ0v) is 34.8. The molecular formula is C43H50N2O16. The van der Waals surface area contributed by atoms with Gasteiger partial charge in [0.15, 0.2) is 0 Å². The Balaban J connectivity index is 1.48. The Morgan fingerprint density at radius 1 is 0.525 bits per heavy atom. The zero-order chi connectivity index (χ0) is 45.0. The molecule has 0 saturated carbocycles. The first-order valence-corrected chi connectivity index (χ1v) is 19.9. The number of hydrogen-bond acceptors (Lipinski definition) is 16. The molecule has 4 amide bonds. The fraction of sp³-hybridized carbons (Fsp3) is 0.488. The number of carbonyl (C=O) groups is 10. The van der Waals surface area contributed by atoms with E-state index < -0.39 is 71.5 Å². The number of esters is 6. The van der Waals surface area contributed by atoms with E-state index >= 15 is 0 Å². The molecule has 0 radical (unpaired) electrons. The highest BCUT2D eigenvalue weighted by Crippen LogP contribution is 2.39. The van der Waals surface area contributed by atoms with Gasteiger partial charge in [0.25, 0.3) is 23.6 Å². The Morgan fingerprint density at radius 3 is 1.15 bits per heavy atom. The van der Waals surface area contributed by atoms with Crippen LogP contribution in [0.3, 0.4) is 0 Å². The molecule has 0 aliphatic carbocycles. The fourth-order valence-electron chi connectivity index (χ4n) is 6.93. The third-order valence-corrected chi connectivity index (χ3v) is 9.52. The van der Waals surface area contributed by atoms with Gasteiger partial charge in [0.2, 0.25) is 0 Å². The van der Waals surface area contributed by atoms with Crippen molar-refractivity contribution in [2.75, 3.05) is 39.6 Å². The molecular weight excluding hydrogens is 800 g/mol. The minimum absolute atomic E-state index is 0.0587. The average molecular weight is 851 g/mol. The van der Waals surface area contributed by atoms with Crippen molar-refractivity contribution >= 4 is 70.2 Å². The van der Waals surface area contributed by atoms with Crippen LogP contribution in [0.25, 0.3) is 10.8 Å². The second kappa shape index (κ2) is 21.7. The summed E-state index contributed by atoms with van der Waals surface area (Å²) >= 11 is 0. The lowest BCUT2D eigenvalue weighted by Gasteiger charge is -2.37. The number of amides is 4. The molecule has 2 unspecified atom stereocenters. The van der Waals surface area contributed by atoms with E-state index in [1.807, 2.05) is 27.7 Å². The number of hydrogen-bond donors (Lipinski definition) is 0. The highest BCUT2D eigenvalue weighted by molar-refractivity contribution is 6.33. The van der Waals surface area contributed by atoms with Crippen LogP contribution in [0, 0.1) is 11.8 Å². The molecule has 0 aromatic heterocycles. The van der Waals surface area contributed by atoms with Crippen LogP contribution in [0.5, 0.6) is 0 Å². The maximum Gasteiger partial charge on any atom is 0.330 e. The lowest BCUT2D eigenvalue weighted by atomic mass is 9.84. The number of imide groups is 2. The van der Waals surface area contributed by atoms with E-state index in [4.69, 9.17) is 28.4 Å². The first-order chi connectivity index (χ1) is 28.9. The highest BCUT2D eigenvalue weighted by atomic mass is 16.6. The fourth-order valence-corrected chi connectivity index (χ4v) is 6.93. The zero-order valence-electron chi connectivity index (χ0n) is 34.8. The van der Waals surface area contributed by atoms with Crippen molar-refractivity contribution in [3.63, 3.8) is 0 Å². The topological polar surface area (TPSA) is 233 Å². The normalized spacial score (nSPS) is 14.1. The SMILES string of the molecule is C=CC(=O)OCCOC(=O)CCC(=O)OCC(CC(C)C)N1C(=O)c2ccc3c4c(ccc(c24)C1=O)C(=O)N(C(COC(=O)CCC(=O)OCCOC(C)=O)CC(C)C)C3=O. The van der Waals surface area contributed by atoms with Gasteiger partial charge in [-0.05, 0) is 48.9 Å². The van der Waals surface area contributed by atoms with Gasteiger partial charge in [-0.15, -0.1) is 0 Å². The van der Waals surface area contributed by atoms with Crippen LogP contribution in [0.2, 0.25) is 0 Å². The molecule has 2 aromatic rings. The van der Waals surface area contributed by atoms with Crippen LogP contribution >= 0.6 is 0 Å². The molecule has 0 bridgehead atoms. The summed E-state index contributed by atoms with van der Waals surface area (Å²) < 4.78 is 30.2. The number of benzene rings is 2. The molecule has 4 rings (SSSR count). The van der Waals surface area contributed by atoms with Gasteiger partial charge in [-0.1, -0.05) is 34.3 Å². The first-order valence-electron chi connectivity index (χ1n) is 19.9. The van der Waals surface area contributed by atoms with Gasteiger partial charge in [0, 0.05) is 46.0 Å². The third kappa shape index (κ3) is 12.3. The van der Waals surface area contributed by atoms with Gasteiger partial charge in [-0.2, -0.15) is 0 Å².